The van der Waals surface area contributed by atoms with E-state index in [0.29, 0.717) is 5.56 Å². The standard InChI is InChI=1S/C13H18FNO/c1-13(2,16)11-9-10(14)5-6-12(11)15-7-3-4-8-15/h5-6,9,16H,3-4,7-8H2,1-2H3. The molecule has 3 heteroatoms. The number of nitrogens with zero attached hydrogens (tertiary/aromatic N) is 1. The minimum absolute atomic E-state index is 0.292. The Balaban J connectivity index is 2.43. The minimum atomic E-state index is -1.000. The van der Waals surface area contributed by atoms with Gasteiger partial charge >= 0.3 is 0 Å². The fraction of sp³-hybridized carbons (Fsp3) is 0.538. The zero-order valence-corrected chi connectivity index (χ0v) is 9.83. The summed E-state index contributed by atoms with van der Waals surface area (Å²) in [6.45, 7) is 5.38. The normalized spacial score (nSPS) is 16.9. The number of aliphatic hydroxyl groups is 1. The van der Waals surface area contributed by atoms with Crippen LogP contribution in [0.2, 0.25) is 0 Å². The SMILES string of the molecule is CC(C)(O)c1cc(F)ccc1N1CCCC1. The first-order valence-electron chi connectivity index (χ1n) is 5.76. The van der Waals surface area contributed by atoms with E-state index in [1.807, 2.05) is 0 Å². The highest BCUT2D eigenvalue weighted by Gasteiger charge is 2.24. The van der Waals surface area contributed by atoms with Crippen molar-refractivity contribution in [2.24, 2.45) is 0 Å². The van der Waals surface area contributed by atoms with Crippen LogP contribution in [0.1, 0.15) is 32.3 Å². The van der Waals surface area contributed by atoms with Gasteiger partial charge in [0.25, 0.3) is 0 Å². The van der Waals surface area contributed by atoms with E-state index in [4.69, 9.17) is 0 Å². The van der Waals surface area contributed by atoms with Gasteiger partial charge in [0.15, 0.2) is 0 Å². The zero-order valence-electron chi connectivity index (χ0n) is 9.83. The van der Waals surface area contributed by atoms with Crippen LogP contribution in [-0.2, 0) is 5.60 Å². The topological polar surface area (TPSA) is 23.5 Å². The molecule has 88 valence electrons. The summed E-state index contributed by atoms with van der Waals surface area (Å²) in [6.07, 6.45) is 2.34. The minimum Gasteiger partial charge on any atom is -0.386 e. The number of rotatable bonds is 2. The Labute approximate surface area is 95.7 Å². The quantitative estimate of drug-likeness (QED) is 0.833. The van der Waals surface area contributed by atoms with Crippen LogP contribution in [0.4, 0.5) is 10.1 Å². The third kappa shape index (κ3) is 2.19. The first kappa shape index (κ1) is 11.4. The molecule has 0 aromatic heterocycles. The van der Waals surface area contributed by atoms with Gasteiger partial charge in [-0.25, -0.2) is 4.39 Å². The number of hydrogen-bond acceptors (Lipinski definition) is 2. The molecule has 1 fully saturated rings. The first-order chi connectivity index (χ1) is 7.48. The van der Waals surface area contributed by atoms with Crippen LogP contribution < -0.4 is 4.90 Å². The first-order valence-corrected chi connectivity index (χ1v) is 5.76. The number of anilines is 1. The van der Waals surface area contributed by atoms with Crippen LogP contribution in [0.5, 0.6) is 0 Å². The van der Waals surface area contributed by atoms with Crippen LogP contribution in [-0.4, -0.2) is 18.2 Å². The molecule has 1 aromatic rings. The van der Waals surface area contributed by atoms with Gasteiger partial charge in [-0.15, -0.1) is 0 Å². The summed E-state index contributed by atoms with van der Waals surface area (Å²) in [5.41, 5.74) is 0.640. The molecule has 1 heterocycles. The summed E-state index contributed by atoms with van der Waals surface area (Å²) >= 11 is 0. The lowest BCUT2D eigenvalue weighted by molar-refractivity contribution is 0.0787. The molecule has 16 heavy (non-hydrogen) atoms. The molecule has 0 amide bonds. The average Bonchev–Trinajstić information content (AvgIpc) is 2.69. The monoisotopic (exact) mass is 223 g/mol. The average molecular weight is 223 g/mol. The summed E-state index contributed by atoms with van der Waals surface area (Å²) in [6, 6.07) is 4.67. The second-order valence-corrected chi connectivity index (χ2v) is 4.91. The second-order valence-electron chi connectivity index (χ2n) is 4.91. The van der Waals surface area contributed by atoms with E-state index in [0.717, 1.165) is 18.8 Å². The van der Waals surface area contributed by atoms with Gasteiger partial charge in [0, 0.05) is 24.3 Å². The lowest BCUT2D eigenvalue weighted by atomic mass is 9.96. The van der Waals surface area contributed by atoms with Crippen LogP contribution in [0.3, 0.4) is 0 Å². The molecule has 1 saturated heterocycles. The van der Waals surface area contributed by atoms with Crippen molar-refractivity contribution in [3.63, 3.8) is 0 Å². The Hall–Kier alpha value is -1.09. The molecular formula is C13H18FNO. The Bertz CT molecular complexity index is 378. The molecule has 0 bridgehead atoms. The van der Waals surface area contributed by atoms with Gasteiger partial charge in [0.2, 0.25) is 0 Å². The van der Waals surface area contributed by atoms with Crippen molar-refractivity contribution < 1.29 is 9.50 Å². The van der Waals surface area contributed by atoms with Crippen molar-refractivity contribution >= 4 is 5.69 Å². The maximum Gasteiger partial charge on any atom is 0.123 e. The summed E-state index contributed by atoms with van der Waals surface area (Å²) in [5.74, 6) is -0.292. The van der Waals surface area contributed by atoms with Crippen molar-refractivity contribution in [1.82, 2.24) is 0 Å². The highest BCUT2D eigenvalue weighted by molar-refractivity contribution is 5.56. The molecule has 1 aliphatic heterocycles. The van der Waals surface area contributed by atoms with E-state index in [1.54, 1.807) is 19.9 Å². The lowest BCUT2D eigenvalue weighted by Gasteiger charge is -2.27. The Morgan fingerprint density at radius 2 is 1.88 bits per heavy atom. The Morgan fingerprint density at radius 3 is 2.44 bits per heavy atom. The molecule has 1 N–H and O–H groups in total. The number of halogens is 1. The van der Waals surface area contributed by atoms with Gasteiger partial charge in [-0.1, -0.05) is 0 Å². The highest BCUT2D eigenvalue weighted by Crippen LogP contribution is 2.32. The van der Waals surface area contributed by atoms with E-state index in [1.165, 1.54) is 25.0 Å². The second kappa shape index (κ2) is 4.06. The fourth-order valence-corrected chi connectivity index (χ4v) is 2.23. The van der Waals surface area contributed by atoms with Crippen molar-refractivity contribution in [3.8, 4) is 0 Å². The Kier molecular flexibility index (Phi) is 2.89. The van der Waals surface area contributed by atoms with Gasteiger partial charge in [-0.2, -0.15) is 0 Å². The van der Waals surface area contributed by atoms with Gasteiger partial charge in [-0.3, -0.25) is 0 Å². The zero-order chi connectivity index (χ0) is 11.8. The molecule has 0 atom stereocenters. The van der Waals surface area contributed by atoms with Crippen LogP contribution in [0.25, 0.3) is 0 Å². The van der Waals surface area contributed by atoms with Crippen LogP contribution in [0, 0.1) is 5.82 Å². The van der Waals surface area contributed by atoms with Gasteiger partial charge in [0.1, 0.15) is 5.82 Å². The van der Waals surface area contributed by atoms with Crippen LogP contribution in [0.15, 0.2) is 18.2 Å². The molecule has 0 saturated carbocycles. The molecule has 0 radical (unpaired) electrons. The maximum atomic E-state index is 13.2. The largest absolute Gasteiger partial charge is 0.386 e. The van der Waals surface area contributed by atoms with Gasteiger partial charge in [0.05, 0.1) is 5.60 Å². The molecular weight excluding hydrogens is 205 g/mol. The fourth-order valence-electron chi connectivity index (χ4n) is 2.23. The lowest BCUT2D eigenvalue weighted by Crippen LogP contribution is -2.25. The molecule has 2 rings (SSSR count). The van der Waals surface area contributed by atoms with E-state index in [9.17, 15) is 9.50 Å². The molecule has 2 nitrogen and oxygen atoms in total. The number of hydrogen-bond donors (Lipinski definition) is 1. The molecule has 1 aliphatic rings. The molecule has 0 aliphatic carbocycles. The molecule has 0 unspecified atom stereocenters. The number of benzene rings is 1. The van der Waals surface area contributed by atoms with Crippen molar-refractivity contribution in [2.75, 3.05) is 18.0 Å². The van der Waals surface area contributed by atoms with Gasteiger partial charge in [-0.05, 0) is 44.9 Å². The summed E-state index contributed by atoms with van der Waals surface area (Å²) < 4.78 is 13.2. The van der Waals surface area contributed by atoms with Crippen LogP contribution >= 0.6 is 0 Å². The summed E-state index contributed by atoms with van der Waals surface area (Å²) in [4.78, 5) is 2.22. The molecule has 1 aromatic carbocycles. The maximum absolute atomic E-state index is 13.2. The predicted molar refractivity (Wildman–Crippen MR) is 63.1 cm³/mol. The van der Waals surface area contributed by atoms with Crippen molar-refractivity contribution in [3.05, 3.63) is 29.6 Å². The van der Waals surface area contributed by atoms with Gasteiger partial charge < -0.3 is 10.0 Å². The van der Waals surface area contributed by atoms with E-state index < -0.39 is 5.60 Å². The van der Waals surface area contributed by atoms with E-state index in [-0.39, 0.29) is 5.82 Å². The highest BCUT2D eigenvalue weighted by atomic mass is 19.1. The predicted octanol–water partition coefficient (Wildman–Crippen LogP) is 2.65. The van der Waals surface area contributed by atoms with E-state index in [2.05, 4.69) is 4.90 Å². The third-order valence-corrected chi connectivity index (χ3v) is 3.06. The summed E-state index contributed by atoms with van der Waals surface area (Å²) in [5, 5.41) is 10.1. The summed E-state index contributed by atoms with van der Waals surface area (Å²) in [7, 11) is 0. The smallest absolute Gasteiger partial charge is 0.123 e. The van der Waals surface area contributed by atoms with E-state index >= 15 is 0 Å². The van der Waals surface area contributed by atoms with Crippen molar-refractivity contribution in [2.45, 2.75) is 32.3 Å². The molecule has 0 spiro atoms. The van der Waals surface area contributed by atoms with Crippen molar-refractivity contribution in [1.29, 1.82) is 0 Å². The Morgan fingerprint density at radius 1 is 1.25 bits per heavy atom. The third-order valence-electron chi connectivity index (χ3n) is 3.06.